The molecule has 116 valence electrons. The number of likely N-dealkylation sites (tertiary alicyclic amines) is 1. The van der Waals surface area contributed by atoms with Gasteiger partial charge < -0.3 is 4.90 Å². The van der Waals surface area contributed by atoms with Gasteiger partial charge in [-0.05, 0) is 25.0 Å². The highest BCUT2D eigenvalue weighted by Gasteiger charge is 2.48. The van der Waals surface area contributed by atoms with Crippen LogP contribution in [0.5, 0.6) is 0 Å². The number of fused-ring (bicyclic) bond motifs is 1. The molecule has 0 radical (unpaired) electrons. The van der Waals surface area contributed by atoms with Crippen molar-refractivity contribution in [3.8, 4) is 0 Å². The highest BCUT2D eigenvalue weighted by molar-refractivity contribution is 6.30. The van der Waals surface area contributed by atoms with Gasteiger partial charge in [-0.25, -0.2) is 4.90 Å². The summed E-state index contributed by atoms with van der Waals surface area (Å²) >= 11 is 5.99. The van der Waals surface area contributed by atoms with E-state index in [1.165, 1.54) is 4.90 Å². The second kappa shape index (κ2) is 6.23. The lowest BCUT2D eigenvalue weighted by Gasteiger charge is -2.20. The first kappa shape index (κ1) is 15.3. The van der Waals surface area contributed by atoms with E-state index in [0.717, 1.165) is 17.0 Å². The van der Waals surface area contributed by atoms with Gasteiger partial charge in [0.15, 0.2) is 6.67 Å². The number of benzene rings is 1. The van der Waals surface area contributed by atoms with Crippen molar-refractivity contribution in [1.82, 2.24) is 4.90 Å². The number of nitrogens with one attached hydrogen (secondary N) is 1. The summed E-state index contributed by atoms with van der Waals surface area (Å²) in [4.78, 5) is 27.4. The van der Waals surface area contributed by atoms with Crippen LogP contribution in [0.1, 0.15) is 18.4 Å². The molecule has 22 heavy (non-hydrogen) atoms. The largest absolute Gasteiger partial charge is 0.316 e. The minimum Gasteiger partial charge on any atom is -0.316 e. The van der Waals surface area contributed by atoms with Crippen molar-refractivity contribution in [2.45, 2.75) is 19.4 Å². The van der Waals surface area contributed by atoms with Gasteiger partial charge in [-0.2, -0.15) is 0 Å². The lowest BCUT2D eigenvalue weighted by atomic mass is 9.85. The van der Waals surface area contributed by atoms with Gasteiger partial charge in [0.25, 0.3) is 0 Å². The molecular formula is C17H20ClN2O2+. The molecule has 0 saturated carbocycles. The molecule has 1 fully saturated rings. The Bertz CT molecular complexity index is 603. The van der Waals surface area contributed by atoms with Crippen LogP contribution in [-0.2, 0) is 16.1 Å². The van der Waals surface area contributed by atoms with E-state index in [2.05, 4.69) is 0 Å². The van der Waals surface area contributed by atoms with Gasteiger partial charge in [-0.3, -0.25) is 9.59 Å². The average Bonchev–Trinajstić information content (AvgIpc) is 2.73. The predicted molar refractivity (Wildman–Crippen MR) is 84.1 cm³/mol. The predicted octanol–water partition coefficient (Wildman–Crippen LogP) is 1.26. The first-order chi connectivity index (χ1) is 10.6. The summed E-state index contributed by atoms with van der Waals surface area (Å²) in [6.45, 7) is 1.14. The van der Waals surface area contributed by atoms with Crippen LogP contribution >= 0.6 is 11.6 Å². The number of carbonyl (C=O) groups is 2. The summed E-state index contributed by atoms with van der Waals surface area (Å²) < 4.78 is 0. The highest BCUT2D eigenvalue weighted by atomic mass is 35.5. The molecule has 1 aliphatic carbocycles. The zero-order chi connectivity index (χ0) is 15.7. The topological polar surface area (TPSA) is 41.8 Å². The Labute approximate surface area is 135 Å². The number of nitrogens with zero attached hydrogens (tertiary/aromatic N) is 1. The molecule has 5 heteroatoms. The Morgan fingerprint density at radius 1 is 1.18 bits per heavy atom. The van der Waals surface area contributed by atoms with Crippen molar-refractivity contribution < 1.29 is 14.5 Å². The molecule has 2 amide bonds. The Hall–Kier alpha value is -1.65. The van der Waals surface area contributed by atoms with E-state index < -0.39 is 0 Å². The molecule has 0 spiro atoms. The van der Waals surface area contributed by atoms with E-state index in [0.29, 0.717) is 24.5 Å². The smallest absolute Gasteiger partial charge is 0.237 e. The van der Waals surface area contributed by atoms with E-state index >= 15 is 0 Å². The zero-order valence-electron chi connectivity index (χ0n) is 12.6. The summed E-state index contributed by atoms with van der Waals surface area (Å²) in [6, 6.07) is 7.68. The Morgan fingerprint density at radius 2 is 1.82 bits per heavy atom. The molecule has 1 aromatic rings. The summed E-state index contributed by atoms with van der Waals surface area (Å²) in [7, 11) is 1.99. The molecule has 4 nitrogen and oxygen atoms in total. The van der Waals surface area contributed by atoms with Gasteiger partial charge in [0.05, 0.1) is 18.9 Å². The second-order valence-corrected chi connectivity index (χ2v) is 6.62. The third-order valence-electron chi connectivity index (χ3n) is 4.42. The van der Waals surface area contributed by atoms with E-state index in [4.69, 9.17) is 11.6 Å². The van der Waals surface area contributed by atoms with Gasteiger partial charge in [-0.1, -0.05) is 35.9 Å². The van der Waals surface area contributed by atoms with Crippen LogP contribution in [0.15, 0.2) is 36.4 Å². The van der Waals surface area contributed by atoms with Crippen LogP contribution in [0, 0.1) is 11.8 Å². The van der Waals surface area contributed by atoms with Crippen LogP contribution in [0.25, 0.3) is 0 Å². The van der Waals surface area contributed by atoms with Gasteiger partial charge in [0.2, 0.25) is 11.8 Å². The lowest BCUT2D eigenvalue weighted by molar-refractivity contribution is -0.901. The quantitative estimate of drug-likeness (QED) is 0.670. The van der Waals surface area contributed by atoms with Crippen LogP contribution in [0.3, 0.4) is 0 Å². The van der Waals surface area contributed by atoms with Crippen molar-refractivity contribution in [3.05, 3.63) is 47.0 Å². The Morgan fingerprint density at radius 3 is 2.41 bits per heavy atom. The number of allylic oxidation sites excluding steroid dienone is 2. The fourth-order valence-corrected chi connectivity index (χ4v) is 3.56. The minimum atomic E-state index is -0.142. The number of carbonyl (C=O) groups excluding carboxylic acids is 2. The molecule has 3 rings (SSSR count). The standard InChI is InChI=1S/C17H19ClN2O2/c1-19(10-12-5-4-6-13(18)9-12)11-20-16(21)14-7-2-3-8-15(14)17(20)22/h2-6,9,14-15H,7-8,10-11H2,1H3/p+1/t14-,15+. The first-order valence-electron chi connectivity index (χ1n) is 7.62. The molecule has 1 aliphatic heterocycles. The van der Waals surface area contributed by atoms with Crippen LogP contribution in [0.4, 0.5) is 0 Å². The van der Waals surface area contributed by atoms with E-state index in [-0.39, 0.29) is 23.7 Å². The lowest BCUT2D eigenvalue weighted by Crippen LogP contribution is -3.09. The van der Waals surface area contributed by atoms with Gasteiger partial charge >= 0.3 is 0 Å². The molecule has 1 unspecified atom stereocenters. The minimum absolute atomic E-state index is 0.00945. The Kier molecular flexibility index (Phi) is 4.32. The summed E-state index contributed by atoms with van der Waals surface area (Å²) in [5, 5.41) is 0.704. The number of hydrogen-bond donors (Lipinski definition) is 1. The van der Waals surface area contributed by atoms with E-state index in [9.17, 15) is 9.59 Å². The molecule has 1 N–H and O–H groups in total. The molecular weight excluding hydrogens is 300 g/mol. The van der Waals surface area contributed by atoms with E-state index in [1.807, 2.05) is 43.5 Å². The maximum absolute atomic E-state index is 12.4. The van der Waals surface area contributed by atoms with Crippen molar-refractivity contribution in [1.29, 1.82) is 0 Å². The van der Waals surface area contributed by atoms with Gasteiger partial charge in [0.1, 0.15) is 6.54 Å². The Balaban J connectivity index is 1.65. The highest BCUT2D eigenvalue weighted by Crippen LogP contribution is 2.34. The number of quaternary nitrogens is 1. The maximum atomic E-state index is 12.4. The van der Waals surface area contributed by atoms with Crippen LogP contribution in [0.2, 0.25) is 5.02 Å². The summed E-state index contributed by atoms with van der Waals surface area (Å²) in [5.74, 6) is -0.303. The fraction of sp³-hybridized carbons (Fsp3) is 0.412. The van der Waals surface area contributed by atoms with Crippen molar-refractivity contribution in [2.24, 2.45) is 11.8 Å². The number of amides is 2. The number of rotatable bonds is 4. The van der Waals surface area contributed by atoms with Gasteiger partial charge in [0, 0.05) is 10.6 Å². The third-order valence-corrected chi connectivity index (χ3v) is 4.66. The molecule has 3 atom stereocenters. The van der Waals surface area contributed by atoms with Crippen LogP contribution < -0.4 is 4.90 Å². The van der Waals surface area contributed by atoms with Crippen molar-refractivity contribution in [3.63, 3.8) is 0 Å². The number of hydrogen-bond acceptors (Lipinski definition) is 2. The summed E-state index contributed by atoms with van der Waals surface area (Å²) in [6.07, 6.45) is 5.41. The normalized spacial score (nSPS) is 25.5. The van der Waals surface area contributed by atoms with E-state index in [1.54, 1.807) is 0 Å². The number of halogens is 1. The SMILES string of the molecule is C[NH+](Cc1cccc(Cl)c1)CN1C(=O)[C@H]2CC=CC[C@H]2C1=O. The molecule has 0 aromatic heterocycles. The van der Waals surface area contributed by atoms with Crippen LogP contribution in [-0.4, -0.2) is 30.4 Å². The molecule has 2 aliphatic rings. The zero-order valence-corrected chi connectivity index (χ0v) is 13.3. The van der Waals surface area contributed by atoms with Crippen molar-refractivity contribution in [2.75, 3.05) is 13.7 Å². The monoisotopic (exact) mass is 319 g/mol. The molecule has 1 aromatic carbocycles. The third kappa shape index (κ3) is 2.94. The average molecular weight is 320 g/mol. The second-order valence-electron chi connectivity index (χ2n) is 6.18. The fourth-order valence-electron chi connectivity index (χ4n) is 3.35. The number of imide groups is 1. The maximum Gasteiger partial charge on any atom is 0.237 e. The van der Waals surface area contributed by atoms with Crippen molar-refractivity contribution >= 4 is 23.4 Å². The molecule has 1 heterocycles. The van der Waals surface area contributed by atoms with Gasteiger partial charge in [-0.15, -0.1) is 0 Å². The summed E-state index contributed by atoms with van der Waals surface area (Å²) in [5.41, 5.74) is 1.10. The molecule has 1 saturated heterocycles. The molecule has 0 bridgehead atoms. The first-order valence-corrected chi connectivity index (χ1v) is 8.00.